The maximum Gasteiger partial charge on any atom is 0.119 e. The summed E-state index contributed by atoms with van der Waals surface area (Å²) in [5, 5.41) is 0. The van der Waals surface area contributed by atoms with Gasteiger partial charge in [-0.25, -0.2) is 0 Å². The molecule has 0 aromatic rings. The lowest BCUT2D eigenvalue weighted by Crippen LogP contribution is -2.43. The molecule has 11 heavy (non-hydrogen) atoms. The van der Waals surface area contributed by atoms with Crippen LogP contribution in [0.25, 0.3) is 0 Å². The Labute approximate surface area is 73.4 Å². The first-order valence-electron chi connectivity index (χ1n) is 4.67. The summed E-state index contributed by atoms with van der Waals surface area (Å²) < 4.78 is 0. The van der Waals surface area contributed by atoms with Gasteiger partial charge in [-0.2, -0.15) is 0 Å². The molecule has 0 bridgehead atoms. The van der Waals surface area contributed by atoms with Crippen molar-refractivity contribution < 1.29 is 0 Å². The maximum absolute atomic E-state index is 2.50. The van der Waals surface area contributed by atoms with Crippen LogP contribution in [0.1, 0.15) is 27.7 Å². The van der Waals surface area contributed by atoms with E-state index in [1.54, 1.807) is 0 Å². The molecule has 3 heteroatoms. The Bertz CT molecular complexity index is 105. The quantitative estimate of drug-likeness (QED) is 0.511. The summed E-state index contributed by atoms with van der Waals surface area (Å²) in [7, 11) is 4.46. The van der Waals surface area contributed by atoms with Crippen LogP contribution >= 0.6 is 0 Å². The normalized spacial score (nSPS) is 15.4. The summed E-state index contributed by atoms with van der Waals surface area (Å²) in [5.41, 5.74) is 0.409. The second-order valence-corrected chi connectivity index (χ2v) is 4.26. The summed E-state index contributed by atoms with van der Waals surface area (Å²) in [4.78, 5) is 2.50. The van der Waals surface area contributed by atoms with Gasteiger partial charge in [0.15, 0.2) is 0 Å². The minimum Gasteiger partial charge on any atom is -0.316 e. The minimum atomic E-state index is 0.409. The van der Waals surface area contributed by atoms with Crippen LogP contribution in [-0.2, 0) is 0 Å². The van der Waals surface area contributed by atoms with E-state index in [1.165, 1.54) is 0 Å². The highest BCUT2D eigenvalue weighted by atomic mass is 15.1. The van der Waals surface area contributed by atoms with Crippen LogP contribution in [0.5, 0.6) is 0 Å². The minimum absolute atomic E-state index is 0.409. The van der Waals surface area contributed by atoms with Crippen molar-refractivity contribution in [3.8, 4) is 0 Å². The van der Waals surface area contributed by atoms with Crippen LogP contribution in [0.15, 0.2) is 0 Å². The Morgan fingerprint density at radius 1 is 1.18 bits per heavy atom. The second kappa shape index (κ2) is 4.20. The molecule has 0 fully saturated rings. The maximum atomic E-state index is 2.50. The van der Waals surface area contributed by atoms with Gasteiger partial charge in [0.25, 0.3) is 0 Å². The van der Waals surface area contributed by atoms with Crippen molar-refractivity contribution in [2.24, 2.45) is 5.41 Å². The van der Waals surface area contributed by atoms with Crippen molar-refractivity contribution in [1.82, 2.24) is 4.90 Å². The molecule has 1 nitrogen and oxygen atoms in total. The van der Waals surface area contributed by atoms with Crippen LogP contribution in [0.3, 0.4) is 0 Å². The van der Waals surface area contributed by atoms with Gasteiger partial charge in [-0.15, -0.1) is 0 Å². The molecule has 0 radical (unpaired) electrons. The molecule has 0 N–H and O–H groups in total. The number of rotatable bonds is 3. The van der Waals surface area contributed by atoms with Crippen LogP contribution in [0.4, 0.5) is 0 Å². The first-order valence-corrected chi connectivity index (χ1v) is 4.67. The Kier molecular flexibility index (Phi) is 4.23. The van der Waals surface area contributed by atoms with Crippen molar-refractivity contribution >= 4 is 15.7 Å². The molecule has 1 unspecified atom stereocenters. The van der Waals surface area contributed by atoms with Gasteiger partial charge in [-0.1, -0.05) is 20.8 Å². The number of hydrogen-bond donors (Lipinski definition) is 0. The Morgan fingerprint density at radius 2 is 1.55 bits per heavy atom. The van der Waals surface area contributed by atoms with E-state index in [0.717, 1.165) is 12.9 Å². The summed E-state index contributed by atoms with van der Waals surface area (Å²) in [6.07, 6.45) is 2.32. The van der Waals surface area contributed by atoms with Gasteiger partial charge in [0.05, 0.1) is 0 Å². The highest BCUT2D eigenvalue weighted by molar-refractivity contribution is 6.11. The molecular formula is C8H21B2N. The fraction of sp³-hybridized carbons (Fsp3) is 1.00. The number of nitrogens with zero attached hydrogens (tertiary/aromatic N) is 1. The topological polar surface area (TPSA) is 3.24 Å². The van der Waals surface area contributed by atoms with E-state index in [4.69, 9.17) is 0 Å². The molecule has 0 saturated carbocycles. The summed E-state index contributed by atoms with van der Waals surface area (Å²) in [6, 6.07) is 0.678. The van der Waals surface area contributed by atoms with E-state index in [0.29, 0.717) is 11.5 Å². The molecule has 64 valence electrons. The van der Waals surface area contributed by atoms with Crippen molar-refractivity contribution in [3.63, 3.8) is 0 Å². The van der Waals surface area contributed by atoms with Crippen molar-refractivity contribution in [2.75, 3.05) is 12.9 Å². The average Bonchev–Trinajstić information content (AvgIpc) is 1.88. The van der Waals surface area contributed by atoms with Gasteiger partial charge in [-0.05, 0) is 25.2 Å². The van der Waals surface area contributed by atoms with Crippen LogP contribution in [0, 0.1) is 5.41 Å². The molecule has 0 heterocycles. The monoisotopic (exact) mass is 153 g/mol. The molecule has 0 spiro atoms. The summed E-state index contributed by atoms with van der Waals surface area (Å²) in [5.74, 6) is 0. The van der Waals surface area contributed by atoms with E-state index >= 15 is 0 Å². The lowest BCUT2D eigenvalue weighted by atomic mass is 9.85. The average molecular weight is 153 g/mol. The van der Waals surface area contributed by atoms with Gasteiger partial charge in [0.2, 0.25) is 0 Å². The van der Waals surface area contributed by atoms with E-state index in [1.807, 2.05) is 0 Å². The van der Waals surface area contributed by atoms with E-state index < -0.39 is 0 Å². The van der Waals surface area contributed by atoms with Gasteiger partial charge < -0.3 is 4.90 Å². The zero-order valence-corrected chi connectivity index (χ0v) is 8.94. The summed E-state index contributed by atoms with van der Waals surface area (Å²) >= 11 is 0. The van der Waals surface area contributed by atoms with Crippen LogP contribution in [-0.4, -0.2) is 39.5 Å². The highest BCUT2D eigenvalue weighted by Crippen LogP contribution is 2.22. The first-order chi connectivity index (χ1) is 4.93. The third kappa shape index (κ3) is 3.33. The fourth-order valence-corrected chi connectivity index (χ4v) is 1.32. The third-order valence-electron chi connectivity index (χ3n) is 2.61. The predicted molar refractivity (Wildman–Crippen MR) is 57.6 cm³/mol. The van der Waals surface area contributed by atoms with Crippen LogP contribution in [0.2, 0.25) is 0 Å². The van der Waals surface area contributed by atoms with Gasteiger partial charge in [0, 0.05) is 6.04 Å². The van der Waals surface area contributed by atoms with Gasteiger partial charge in [0.1, 0.15) is 15.7 Å². The Hall–Kier alpha value is 0.0899. The second-order valence-electron chi connectivity index (χ2n) is 4.26. The Morgan fingerprint density at radius 3 is 1.64 bits per heavy atom. The molecular weight excluding hydrogens is 132 g/mol. The van der Waals surface area contributed by atoms with Crippen molar-refractivity contribution in [3.05, 3.63) is 0 Å². The third-order valence-corrected chi connectivity index (χ3v) is 2.61. The molecule has 0 aliphatic rings. The molecule has 0 saturated heterocycles. The van der Waals surface area contributed by atoms with E-state index in [9.17, 15) is 0 Å². The lowest BCUT2D eigenvalue weighted by Gasteiger charge is -2.36. The lowest BCUT2D eigenvalue weighted by molar-refractivity contribution is 0.153. The van der Waals surface area contributed by atoms with Crippen LogP contribution < -0.4 is 0 Å². The Balaban J connectivity index is 4.09. The zero-order valence-electron chi connectivity index (χ0n) is 8.94. The standard InChI is InChI=1S/C8H21B2N/c1-7(8(2,3)4)11(5-9)6-10/h7H,5-6,9-10H2,1-4H3. The molecule has 0 aliphatic heterocycles. The highest BCUT2D eigenvalue weighted by Gasteiger charge is 2.23. The predicted octanol–water partition coefficient (Wildman–Crippen LogP) is -0.0958. The molecule has 0 aromatic carbocycles. The number of hydrogen-bond acceptors (Lipinski definition) is 1. The molecule has 0 rings (SSSR count). The van der Waals surface area contributed by atoms with E-state index in [2.05, 4.69) is 48.3 Å². The van der Waals surface area contributed by atoms with Gasteiger partial charge >= 0.3 is 0 Å². The molecule has 0 aliphatic carbocycles. The first kappa shape index (κ1) is 11.1. The summed E-state index contributed by atoms with van der Waals surface area (Å²) in [6.45, 7) is 9.22. The van der Waals surface area contributed by atoms with Crippen molar-refractivity contribution in [1.29, 1.82) is 0 Å². The van der Waals surface area contributed by atoms with Gasteiger partial charge in [-0.3, -0.25) is 0 Å². The fourth-order valence-electron chi connectivity index (χ4n) is 1.32. The smallest absolute Gasteiger partial charge is 0.119 e. The molecule has 0 aromatic heterocycles. The van der Waals surface area contributed by atoms with Crippen molar-refractivity contribution in [2.45, 2.75) is 33.7 Å². The largest absolute Gasteiger partial charge is 0.316 e. The molecule has 0 amide bonds. The SMILES string of the molecule is BCN(CB)C(C)C(C)(C)C. The zero-order chi connectivity index (χ0) is 9.07. The van der Waals surface area contributed by atoms with E-state index in [-0.39, 0.29) is 0 Å². The molecule has 1 atom stereocenters.